The van der Waals surface area contributed by atoms with E-state index >= 15 is 0 Å². The third kappa shape index (κ3) is 8.63. The molecule has 2 unspecified atom stereocenters. The summed E-state index contributed by atoms with van der Waals surface area (Å²) >= 11 is 3.55. The van der Waals surface area contributed by atoms with Crippen molar-refractivity contribution in [3.8, 4) is 0 Å². The molecule has 2 rings (SSSR count). The molecule has 1 radical (unpaired) electrons. The van der Waals surface area contributed by atoms with Crippen LogP contribution in [0.15, 0.2) is 40.9 Å². The summed E-state index contributed by atoms with van der Waals surface area (Å²) in [6.07, 6.45) is 4.35. The molecule has 2 aromatic carbocycles. The fourth-order valence-corrected chi connectivity index (χ4v) is 6.51. The number of hydrogen-bond acceptors (Lipinski definition) is 2. The zero-order valence-electron chi connectivity index (χ0n) is 22.1. The summed E-state index contributed by atoms with van der Waals surface area (Å²) in [5.74, 6) is 0. The van der Waals surface area contributed by atoms with Crippen molar-refractivity contribution in [1.29, 1.82) is 0 Å². The molecule has 33 heavy (non-hydrogen) atoms. The van der Waals surface area contributed by atoms with Crippen LogP contribution in [0.3, 0.4) is 0 Å². The molecule has 2 nitrogen and oxygen atoms in total. The van der Waals surface area contributed by atoms with E-state index in [0.29, 0.717) is 0 Å². The first-order valence-electron chi connectivity index (χ1n) is 12.0. The van der Waals surface area contributed by atoms with Crippen LogP contribution in [0.2, 0.25) is 26.2 Å². The van der Waals surface area contributed by atoms with Gasteiger partial charge >= 0.3 is 0 Å². The lowest BCUT2D eigenvalue weighted by atomic mass is 9.77. The van der Waals surface area contributed by atoms with Gasteiger partial charge in [-0.15, -0.1) is 0 Å². The summed E-state index contributed by atoms with van der Waals surface area (Å²) in [5.41, 5.74) is 4.72. The van der Waals surface area contributed by atoms with Gasteiger partial charge in [-0.25, -0.2) is 0 Å². The average molecular weight is 547 g/mol. The number of benzene rings is 2. The molecule has 0 aliphatic rings. The third-order valence-electron chi connectivity index (χ3n) is 5.31. The fraction of sp³-hybridized carbons (Fsp3) is 0.500. The van der Waals surface area contributed by atoms with Gasteiger partial charge in [-0.2, -0.15) is 0 Å². The summed E-state index contributed by atoms with van der Waals surface area (Å²) < 4.78 is 14.4. The highest BCUT2D eigenvalue weighted by Crippen LogP contribution is 2.45. The molecule has 0 saturated carbocycles. The predicted octanol–water partition coefficient (Wildman–Crippen LogP) is 8.59. The summed E-state index contributed by atoms with van der Waals surface area (Å²) in [6.45, 7) is 22.7. The molecule has 0 amide bonds. The molecular formula is C28H42BrO2Si2. The second-order valence-corrected chi connectivity index (χ2v) is 17.2. The number of hydrogen-bond donors (Lipinski definition) is 0. The van der Waals surface area contributed by atoms with Gasteiger partial charge in [0.25, 0.3) is 0 Å². The van der Waals surface area contributed by atoms with Gasteiger partial charge in [0.1, 0.15) is 0 Å². The van der Waals surface area contributed by atoms with E-state index < -0.39 is 18.1 Å². The zero-order valence-corrected chi connectivity index (χ0v) is 26.0. The minimum Gasteiger partial charge on any atom is -0.413 e. The Morgan fingerprint density at radius 1 is 0.788 bits per heavy atom. The standard InChI is InChI=1S/C28H42BrO2Si2/c1-27(2,3)25(30-32(7)8)23-17-16-21(15-14-20-12-11-13-22(29)18-20)19-24(23)26(28(4,5)6)31-33(9)10/h11,13-19,25-26,32-33H,1-10H3/b15-14+. The van der Waals surface area contributed by atoms with Crippen LogP contribution < -0.4 is 0 Å². The Kier molecular flexibility index (Phi) is 9.96. The molecule has 0 aliphatic carbocycles. The molecule has 0 aliphatic heterocycles. The third-order valence-corrected chi connectivity index (χ3v) is 7.43. The van der Waals surface area contributed by atoms with Crippen molar-refractivity contribution in [2.24, 2.45) is 10.8 Å². The van der Waals surface area contributed by atoms with Gasteiger partial charge in [-0.05, 0) is 83.5 Å². The maximum Gasteiger partial charge on any atom is 0.171 e. The van der Waals surface area contributed by atoms with Crippen LogP contribution in [-0.4, -0.2) is 18.1 Å². The Labute approximate surface area is 214 Å². The molecule has 2 atom stereocenters. The lowest BCUT2D eigenvalue weighted by Gasteiger charge is -2.39. The monoisotopic (exact) mass is 545 g/mol. The van der Waals surface area contributed by atoms with Crippen molar-refractivity contribution in [3.63, 3.8) is 0 Å². The summed E-state index contributed by atoms with van der Waals surface area (Å²) in [7, 11) is -2.51. The lowest BCUT2D eigenvalue weighted by molar-refractivity contribution is 0.0656. The van der Waals surface area contributed by atoms with Gasteiger partial charge in [0.05, 0.1) is 12.2 Å². The van der Waals surface area contributed by atoms with E-state index in [0.717, 1.165) is 10.0 Å². The first-order valence-corrected chi connectivity index (χ1v) is 18.3. The largest absolute Gasteiger partial charge is 0.413 e. The molecule has 2 aromatic rings. The normalized spacial score (nSPS) is 14.9. The minimum atomic E-state index is -1.27. The van der Waals surface area contributed by atoms with Crippen molar-refractivity contribution in [3.05, 3.63) is 69.2 Å². The second kappa shape index (κ2) is 11.6. The van der Waals surface area contributed by atoms with E-state index in [2.05, 4.69) is 126 Å². The minimum absolute atomic E-state index is 0.00759. The molecule has 0 N–H and O–H groups in total. The summed E-state index contributed by atoms with van der Waals surface area (Å²) in [6, 6.07) is 16.1. The highest BCUT2D eigenvalue weighted by Gasteiger charge is 2.35. The Hall–Kier alpha value is -0.986. The number of halogens is 1. The summed E-state index contributed by atoms with van der Waals surface area (Å²) in [5, 5.41) is 0. The Balaban J connectivity index is 2.65. The fourth-order valence-electron chi connectivity index (χ4n) is 3.93. The maximum absolute atomic E-state index is 6.70. The smallest absolute Gasteiger partial charge is 0.171 e. The van der Waals surface area contributed by atoms with E-state index in [1.165, 1.54) is 16.7 Å². The van der Waals surface area contributed by atoms with Crippen molar-refractivity contribution < 1.29 is 8.85 Å². The Bertz CT molecular complexity index is 940. The van der Waals surface area contributed by atoms with Gasteiger partial charge in [-0.3, -0.25) is 0 Å². The van der Waals surface area contributed by atoms with Crippen LogP contribution in [-0.2, 0) is 8.85 Å². The first-order chi connectivity index (χ1) is 15.2. The lowest BCUT2D eigenvalue weighted by Crippen LogP contribution is -2.31. The van der Waals surface area contributed by atoms with E-state index in [9.17, 15) is 0 Å². The van der Waals surface area contributed by atoms with Crippen molar-refractivity contribution in [2.45, 2.75) is 79.9 Å². The Morgan fingerprint density at radius 2 is 1.33 bits per heavy atom. The van der Waals surface area contributed by atoms with Crippen LogP contribution in [0.5, 0.6) is 0 Å². The number of rotatable bonds is 8. The Morgan fingerprint density at radius 3 is 1.82 bits per heavy atom. The first kappa shape index (κ1) is 28.3. The van der Waals surface area contributed by atoms with Gasteiger partial charge < -0.3 is 8.85 Å². The van der Waals surface area contributed by atoms with Crippen LogP contribution >= 0.6 is 15.9 Å². The highest BCUT2D eigenvalue weighted by atomic mass is 79.9. The van der Waals surface area contributed by atoms with Crippen molar-refractivity contribution in [1.82, 2.24) is 0 Å². The molecule has 0 spiro atoms. The van der Waals surface area contributed by atoms with Gasteiger partial charge in [0.2, 0.25) is 0 Å². The molecular weight excluding hydrogens is 504 g/mol. The second-order valence-electron chi connectivity index (χ2n) is 11.5. The molecule has 0 saturated heterocycles. The molecule has 181 valence electrons. The average Bonchev–Trinajstić information content (AvgIpc) is 2.67. The quantitative estimate of drug-likeness (QED) is 0.244. The molecule has 0 fully saturated rings. The predicted molar refractivity (Wildman–Crippen MR) is 153 cm³/mol. The van der Waals surface area contributed by atoms with E-state index in [1.807, 2.05) is 12.1 Å². The van der Waals surface area contributed by atoms with Crippen molar-refractivity contribution in [2.75, 3.05) is 0 Å². The zero-order chi connectivity index (χ0) is 25.0. The molecule has 0 heterocycles. The van der Waals surface area contributed by atoms with E-state index in [4.69, 9.17) is 8.85 Å². The van der Waals surface area contributed by atoms with Crippen molar-refractivity contribution >= 4 is 46.2 Å². The molecule has 0 bridgehead atoms. The van der Waals surface area contributed by atoms with E-state index in [1.54, 1.807) is 0 Å². The molecule has 0 aromatic heterocycles. The topological polar surface area (TPSA) is 18.5 Å². The van der Waals surface area contributed by atoms with E-state index in [-0.39, 0.29) is 23.0 Å². The van der Waals surface area contributed by atoms with Crippen LogP contribution in [0.25, 0.3) is 12.2 Å². The van der Waals surface area contributed by atoms with Crippen LogP contribution in [0, 0.1) is 16.9 Å². The van der Waals surface area contributed by atoms with Gasteiger partial charge in [0, 0.05) is 4.47 Å². The molecule has 5 heteroatoms. The highest BCUT2D eigenvalue weighted by molar-refractivity contribution is 9.10. The van der Waals surface area contributed by atoms with Crippen LogP contribution in [0.4, 0.5) is 0 Å². The van der Waals surface area contributed by atoms with Crippen LogP contribution in [0.1, 0.15) is 76.0 Å². The maximum atomic E-state index is 6.70. The summed E-state index contributed by atoms with van der Waals surface area (Å²) in [4.78, 5) is 0. The van der Waals surface area contributed by atoms with Gasteiger partial charge in [0.15, 0.2) is 18.1 Å². The van der Waals surface area contributed by atoms with Gasteiger partial charge in [-0.1, -0.05) is 87.8 Å². The SMILES string of the molecule is C[SiH](C)OC(c1ccc(/C=C/c2[c]ccc(Br)c2)cc1C(O[SiH](C)C)C(C)(C)C)C(C)(C)C.